The highest BCUT2D eigenvalue weighted by molar-refractivity contribution is 5.80. The topological polar surface area (TPSA) is 64.3 Å². The van der Waals surface area contributed by atoms with E-state index >= 15 is 0 Å². The van der Waals surface area contributed by atoms with Crippen LogP contribution >= 0.6 is 0 Å². The molecule has 1 saturated heterocycles. The van der Waals surface area contributed by atoms with Crippen molar-refractivity contribution in [3.63, 3.8) is 0 Å². The van der Waals surface area contributed by atoms with Crippen LogP contribution < -0.4 is 11.1 Å². The Morgan fingerprint density at radius 1 is 1.28 bits per heavy atom. The van der Waals surface area contributed by atoms with Gasteiger partial charge in [-0.15, -0.1) is 0 Å². The Labute approximate surface area is 110 Å². The summed E-state index contributed by atoms with van der Waals surface area (Å²) in [5.41, 5.74) is 5.72. The van der Waals surface area contributed by atoms with Gasteiger partial charge in [-0.1, -0.05) is 19.8 Å². The molecule has 3 N–H and O–H groups in total. The Hall–Kier alpha value is -0.610. The van der Waals surface area contributed by atoms with E-state index in [1.165, 1.54) is 12.8 Å². The molecule has 2 aliphatic rings. The van der Waals surface area contributed by atoms with Gasteiger partial charge in [0.25, 0.3) is 0 Å². The summed E-state index contributed by atoms with van der Waals surface area (Å²) >= 11 is 0. The molecular formula is C14H26N2O2. The zero-order chi connectivity index (χ0) is 13.3. The fourth-order valence-corrected chi connectivity index (χ4v) is 3.50. The number of hydrogen-bond donors (Lipinski definition) is 2. The van der Waals surface area contributed by atoms with E-state index in [-0.39, 0.29) is 35.5 Å². The highest BCUT2D eigenvalue weighted by Crippen LogP contribution is 2.34. The highest BCUT2D eigenvalue weighted by atomic mass is 16.5. The van der Waals surface area contributed by atoms with Crippen molar-refractivity contribution in [1.29, 1.82) is 0 Å². The lowest BCUT2D eigenvalue weighted by molar-refractivity contribution is -0.129. The minimum atomic E-state index is -0.150. The molecule has 1 aliphatic carbocycles. The molecule has 18 heavy (non-hydrogen) atoms. The van der Waals surface area contributed by atoms with E-state index in [2.05, 4.69) is 12.2 Å². The first-order valence-electron chi connectivity index (χ1n) is 7.17. The zero-order valence-corrected chi connectivity index (χ0v) is 11.7. The summed E-state index contributed by atoms with van der Waals surface area (Å²) in [6, 6.07) is 0. The first-order chi connectivity index (χ1) is 8.49. The zero-order valence-electron chi connectivity index (χ0n) is 11.7. The van der Waals surface area contributed by atoms with Crippen LogP contribution in [0.2, 0.25) is 0 Å². The third-order valence-corrected chi connectivity index (χ3v) is 4.88. The third kappa shape index (κ3) is 2.41. The van der Waals surface area contributed by atoms with E-state index in [1.807, 2.05) is 13.8 Å². The summed E-state index contributed by atoms with van der Waals surface area (Å²) in [7, 11) is 0. The van der Waals surface area contributed by atoms with Gasteiger partial charge in [0.2, 0.25) is 5.91 Å². The molecule has 4 unspecified atom stereocenters. The highest BCUT2D eigenvalue weighted by Gasteiger charge is 2.44. The number of nitrogens with one attached hydrogen (secondary N) is 1. The minimum Gasteiger partial charge on any atom is -0.374 e. The molecule has 2 fully saturated rings. The van der Waals surface area contributed by atoms with Crippen LogP contribution in [-0.2, 0) is 9.53 Å². The minimum absolute atomic E-state index is 0.00577. The summed E-state index contributed by atoms with van der Waals surface area (Å²) < 4.78 is 5.75. The molecule has 1 aliphatic heterocycles. The molecule has 1 heterocycles. The maximum absolute atomic E-state index is 12.5. The molecule has 104 valence electrons. The van der Waals surface area contributed by atoms with Crippen molar-refractivity contribution in [2.45, 2.75) is 64.2 Å². The van der Waals surface area contributed by atoms with Gasteiger partial charge in [-0.2, -0.15) is 0 Å². The molecule has 0 aromatic carbocycles. The lowest BCUT2D eigenvalue weighted by Crippen LogP contribution is -2.54. The second-order valence-corrected chi connectivity index (χ2v) is 6.11. The maximum Gasteiger partial charge on any atom is 0.226 e. The van der Waals surface area contributed by atoms with E-state index in [0.29, 0.717) is 6.54 Å². The summed E-state index contributed by atoms with van der Waals surface area (Å²) in [4.78, 5) is 12.5. The van der Waals surface area contributed by atoms with Gasteiger partial charge >= 0.3 is 0 Å². The Bertz CT molecular complexity index is 313. The number of hydrogen-bond acceptors (Lipinski definition) is 3. The van der Waals surface area contributed by atoms with Gasteiger partial charge in [0.05, 0.1) is 23.7 Å². The van der Waals surface area contributed by atoms with Gasteiger partial charge in [-0.3, -0.25) is 4.79 Å². The summed E-state index contributed by atoms with van der Waals surface area (Å²) in [6.45, 7) is 6.68. The van der Waals surface area contributed by atoms with Crippen molar-refractivity contribution in [3.05, 3.63) is 0 Å². The van der Waals surface area contributed by atoms with Crippen molar-refractivity contribution in [2.24, 2.45) is 17.6 Å². The second kappa shape index (κ2) is 5.17. The Balaban J connectivity index is 2.03. The van der Waals surface area contributed by atoms with Gasteiger partial charge in [0.15, 0.2) is 0 Å². The van der Waals surface area contributed by atoms with E-state index in [4.69, 9.17) is 10.5 Å². The molecule has 1 amide bonds. The average molecular weight is 254 g/mol. The number of carbonyl (C=O) groups is 1. The van der Waals surface area contributed by atoms with Gasteiger partial charge < -0.3 is 15.8 Å². The SMILES string of the molecule is CC1OC(C)C(C(=O)NC2(CN)CCCC2)C1C. The van der Waals surface area contributed by atoms with Crippen LogP contribution in [0.4, 0.5) is 0 Å². The van der Waals surface area contributed by atoms with Gasteiger partial charge in [0.1, 0.15) is 0 Å². The molecular weight excluding hydrogens is 228 g/mol. The number of amides is 1. The van der Waals surface area contributed by atoms with Crippen LogP contribution in [0, 0.1) is 11.8 Å². The lowest BCUT2D eigenvalue weighted by Gasteiger charge is -2.31. The second-order valence-electron chi connectivity index (χ2n) is 6.11. The lowest BCUT2D eigenvalue weighted by atomic mass is 9.87. The summed E-state index contributed by atoms with van der Waals surface area (Å²) in [5.74, 6) is 0.368. The average Bonchev–Trinajstić information content (AvgIpc) is 2.86. The van der Waals surface area contributed by atoms with E-state index < -0.39 is 0 Å². The van der Waals surface area contributed by atoms with Crippen molar-refractivity contribution in [2.75, 3.05) is 6.54 Å². The molecule has 0 bridgehead atoms. The fourth-order valence-electron chi connectivity index (χ4n) is 3.50. The number of nitrogens with two attached hydrogens (primary N) is 1. The summed E-state index contributed by atoms with van der Waals surface area (Å²) in [5, 5.41) is 3.22. The van der Waals surface area contributed by atoms with Crippen LogP contribution in [0.3, 0.4) is 0 Å². The monoisotopic (exact) mass is 254 g/mol. The van der Waals surface area contributed by atoms with Crippen LogP contribution in [0.5, 0.6) is 0 Å². The first kappa shape index (κ1) is 13.8. The predicted molar refractivity (Wildman–Crippen MR) is 71.1 cm³/mol. The van der Waals surface area contributed by atoms with E-state index in [1.54, 1.807) is 0 Å². The van der Waals surface area contributed by atoms with Crippen molar-refractivity contribution < 1.29 is 9.53 Å². The van der Waals surface area contributed by atoms with Crippen LogP contribution in [0.25, 0.3) is 0 Å². The number of ether oxygens (including phenoxy) is 1. The molecule has 4 nitrogen and oxygen atoms in total. The molecule has 0 radical (unpaired) electrons. The Morgan fingerprint density at radius 2 is 1.89 bits per heavy atom. The van der Waals surface area contributed by atoms with Crippen LogP contribution in [0.1, 0.15) is 46.5 Å². The number of carbonyl (C=O) groups excluding carboxylic acids is 1. The molecule has 2 rings (SSSR count). The van der Waals surface area contributed by atoms with Crippen molar-refractivity contribution >= 4 is 5.91 Å². The van der Waals surface area contributed by atoms with Crippen molar-refractivity contribution in [1.82, 2.24) is 5.32 Å². The standard InChI is InChI=1S/C14H26N2O2/c1-9-10(2)18-11(3)12(9)13(17)16-14(8-15)6-4-5-7-14/h9-12H,4-8,15H2,1-3H3,(H,16,17). The largest absolute Gasteiger partial charge is 0.374 e. The first-order valence-corrected chi connectivity index (χ1v) is 7.17. The third-order valence-electron chi connectivity index (χ3n) is 4.88. The van der Waals surface area contributed by atoms with Crippen molar-refractivity contribution in [3.8, 4) is 0 Å². The summed E-state index contributed by atoms with van der Waals surface area (Å²) in [6.07, 6.45) is 4.53. The molecule has 1 saturated carbocycles. The fraction of sp³-hybridized carbons (Fsp3) is 0.929. The quantitative estimate of drug-likeness (QED) is 0.801. The van der Waals surface area contributed by atoms with E-state index in [9.17, 15) is 4.79 Å². The van der Waals surface area contributed by atoms with Crippen LogP contribution in [0.15, 0.2) is 0 Å². The van der Waals surface area contributed by atoms with Gasteiger partial charge in [-0.25, -0.2) is 0 Å². The smallest absolute Gasteiger partial charge is 0.226 e. The molecule has 0 aromatic rings. The number of rotatable bonds is 3. The molecule has 4 heteroatoms. The van der Waals surface area contributed by atoms with E-state index in [0.717, 1.165) is 12.8 Å². The van der Waals surface area contributed by atoms with Gasteiger partial charge in [-0.05, 0) is 32.6 Å². The molecule has 0 aromatic heterocycles. The van der Waals surface area contributed by atoms with Gasteiger partial charge in [0, 0.05) is 6.54 Å². The van der Waals surface area contributed by atoms with Crippen LogP contribution in [-0.4, -0.2) is 30.2 Å². The maximum atomic E-state index is 12.5. The molecule has 0 spiro atoms. The molecule has 4 atom stereocenters. The normalized spacial score (nSPS) is 38.9. The predicted octanol–water partition coefficient (Wildman–Crippen LogP) is 1.43. The Kier molecular flexibility index (Phi) is 3.97. The Morgan fingerprint density at radius 3 is 2.33 bits per heavy atom.